The Morgan fingerprint density at radius 2 is 1.79 bits per heavy atom. The summed E-state index contributed by atoms with van der Waals surface area (Å²) in [7, 11) is -4.37. The minimum absolute atomic E-state index is 0.0243. The van der Waals surface area contributed by atoms with Crippen LogP contribution in [-0.4, -0.2) is 72.0 Å². The van der Waals surface area contributed by atoms with Crippen molar-refractivity contribution in [1.82, 2.24) is 4.72 Å². The maximum atomic E-state index is 13.6. The highest BCUT2D eigenvalue weighted by atomic mass is 32.2. The zero-order chi connectivity index (χ0) is 28.2. The van der Waals surface area contributed by atoms with Gasteiger partial charge in [0.05, 0.1) is 28.9 Å². The molecule has 2 aliphatic heterocycles. The van der Waals surface area contributed by atoms with E-state index in [1.165, 1.54) is 12.1 Å². The van der Waals surface area contributed by atoms with E-state index in [4.69, 9.17) is 9.47 Å². The van der Waals surface area contributed by atoms with Crippen molar-refractivity contribution in [1.29, 1.82) is 0 Å². The number of nitro groups is 1. The van der Waals surface area contributed by atoms with Gasteiger partial charge in [-0.2, -0.15) is 13.2 Å². The third-order valence-electron chi connectivity index (χ3n) is 6.96. The fourth-order valence-electron chi connectivity index (χ4n) is 4.93. The molecular weight excluding hydrogens is 541 g/mol. The van der Waals surface area contributed by atoms with E-state index in [1.54, 1.807) is 30.0 Å². The van der Waals surface area contributed by atoms with E-state index in [2.05, 4.69) is 4.72 Å². The first-order valence-electron chi connectivity index (χ1n) is 12.6. The van der Waals surface area contributed by atoms with Gasteiger partial charge in [-0.25, -0.2) is 13.1 Å². The lowest BCUT2D eigenvalue weighted by Gasteiger charge is -2.38. The highest BCUT2D eigenvalue weighted by Gasteiger charge is 2.35. The molecule has 2 atom stereocenters. The second kappa shape index (κ2) is 12.1. The molecule has 0 saturated carbocycles. The molecule has 2 saturated heterocycles. The summed E-state index contributed by atoms with van der Waals surface area (Å²) in [5.74, 6) is -0.0243. The van der Waals surface area contributed by atoms with Crippen molar-refractivity contribution in [3.8, 4) is 0 Å². The van der Waals surface area contributed by atoms with Gasteiger partial charge in [-0.1, -0.05) is 12.1 Å². The third-order valence-corrected chi connectivity index (χ3v) is 8.41. The van der Waals surface area contributed by atoms with Gasteiger partial charge < -0.3 is 19.3 Å². The van der Waals surface area contributed by atoms with Crippen LogP contribution in [-0.2, 0) is 25.7 Å². The van der Waals surface area contributed by atoms with Gasteiger partial charge in [0.1, 0.15) is 10.6 Å². The van der Waals surface area contributed by atoms with Gasteiger partial charge >= 0.3 is 6.18 Å². The lowest BCUT2D eigenvalue weighted by atomic mass is 10.0. The van der Waals surface area contributed by atoms with Crippen molar-refractivity contribution in [2.24, 2.45) is 5.92 Å². The number of para-hydroxylation sites is 2. The summed E-state index contributed by atoms with van der Waals surface area (Å²) in [6, 6.07) is 8.98. The third kappa shape index (κ3) is 6.80. The topological polar surface area (TPSA) is 114 Å². The van der Waals surface area contributed by atoms with Gasteiger partial charge in [0.25, 0.3) is 5.69 Å². The Labute approximate surface area is 224 Å². The van der Waals surface area contributed by atoms with Crippen LogP contribution in [0.4, 0.5) is 30.2 Å². The van der Waals surface area contributed by atoms with Gasteiger partial charge in [0, 0.05) is 57.9 Å². The monoisotopic (exact) mass is 572 g/mol. The first kappa shape index (κ1) is 29.1. The Morgan fingerprint density at radius 3 is 2.38 bits per heavy atom. The predicted octanol–water partition coefficient (Wildman–Crippen LogP) is 3.66. The molecule has 2 unspecified atom stereocenters. The normalized spacial score (nSPS) is 19.3. The van der Waals surface area contributed by atoms with Gasteiger partial charge in [-0.3, -0.25) is 10.1 Å². The maximum absolute atomic E-state index is 13.6. The quantitative estimate of drug-likeness (QED) is 0.339. The van der Waals surface area contributed by atoms with E-state index in [0.29, 0.717) is 51.1 Å². The molecule has 0 radical (unpaired) electrons. The molecule has 4 rings (SSSR count). The molecule has 0 amide bonds. The van der Waals surface area contributed by atoms with Crippen molar-refractivity contribution in [2.45, 2.75) is 30.5 Å². The minimum Gasteiger partial charge on any atom is -0.381 e. The van der Waals surface area contributed by atoms with E-state index < -0.39 is 37.7 Å². The number of ether oxygens (including phenoxy) is 2. The molecule has 0 bridgehead atoms. The number of benzene rings is 2. The summed E-state index contributed by atoms with van der Waals surface area (Å²) in [4.78, 5) is 14.0. The lowest BCUT2D eigenvalue weighted by Crippen LogP contribution is -2.47. The molecule has 2 heterocycles. The predicted molar refractivity (Wildman–Crippen MR) is 138 cm³/mol. The van der Waals surface area contributed by atoms with Crippen LogP contribution in [0.1, 0.15) is 18.9 Å². The van der Waals surface area contributed by atoms with Crippen LogP contribution < -0.4 is 14.5 Å². The Bertz CT molecular complexity index is 1260. The van der Waals surface area contributed by atoms with Gasteiger partial charge in [-0.05, 0) is 37.6 Å². The number of nitrogens with zero attached hydrogens (tertiary/aromatic N) is 3. The number of hydrogen-bond donors (Lipinski definition) is 1. The summed E-state index contributed by atoms with van der Waals surface area (Å²) in [5, 5.41) is 11.4. The first-order valence-corrected chi connectivity index (χ1v) is 14.1. The largest absolute Gasteiger partial charge is 0.416 e. The van der Waals surface area contributed by atoms with Crippen molar-refractivity contribution in [2.75, 3.05) is 62.3 Å². The average Bonchev–Trinajstić information content (AvgIpc) is 3.45. The lowest BCUT2D eigenvalue weighted by molar-refractivity contribution is -0.384. The summed E-state index contributed by atoms with van der Waals surface area (Å²) >= 11 is 0. The van der Waals surface area contributed by atoms with Gasteiger partial charge in [-0.15, -0.1) is 0 Å². The van der Waals surface area contributed by atoms with Gasteiger partial charge in [0.2, 0.25) is 10.0 Å². The molecule has 2 aromatic carbocycles. The second-order valence-corrected chi connectivity index (χ2v) is 11.1. The number of rotatable bonds is 10. The zero-order valence-electron chi connectivity index (χ0n) is 21.4. The Kier molecular flexibility index (Phi) is 8.99. The van der Waals surface area contributed by atoms with Crippen molar-refractivity contribution in [3.63, 3.8) is 0 Å². The van der Waals surface area contributed by atoms with E-state index in [0.717, 1.165) is 6.07 Å². The molecule has 2 aliphatic rings. The number of anilines is 2. The number of sulfonamides is 1. The van der Waals surface area contributed by atoms with Crippen LogP contribution in [0.25, 0.3) is 0 Å². The molecule has 0 aliphatic carbocycles. The summed E-state index contributed by atoms with van der Waals surface area (Å²) in [6.07, 6.45) is -4.51. The smallest absolute Gasteiger partial charge is 0.381 e. The fraction of sp³-hybridized carbons (Fsp3) is 0.520. The number of nitrogens with one attached hydrogen (secondary N) is 1. The average molecular weight is 573 g/mol. The minimum atomic E-state index is -4.73. The van der Waals surface area contributed by atoms with Crippen LogP contribution in [0.15, 0.2) is 47.4 Å². The highest BCUT2D eigenvalue weighted by molar-refractivity contribution is 7.89. The van der Waals surface area contributed by atoms with Crippen LogP contribution in [0.3, 0.4) is 0 Å². The van der Waals surface area contributed by atoms with Crippen molar-refractivity contribution >= 4 is 27.1 Å². The first-order chi connectivity index (χ1) is 18.5. The molecule has 39 heavy (non-hydrogen) atoms. The maximum Gasteiger partial charge on any atom is 0.416 e. The van der Waals surface area contributed by atoms with Crippen LogP contribution in [0.2, 0.25) is 0 Å². The Balaban J connectivity index is 1.57. The molecule has 2 fully saturated rings. The van der Waals surface area contributed by atoms with Crippen LogP contribution in [0.5, 0.6) is 0 Å². The molecule has 1 N–H and O–H groups in total. The van der Waals surface area contributed by atoms with E-state index in [1.807, 2.05) is 4.90 Å². The fourth-order valence-corrected chi connectivity index (χ4v) is 6.23. The van der Waals surface area contributed by atoms with Crippen molar-refractivity contribution < 1.29 is 36.0 Å². The number of piperazine rings is 1. The van der Waals surface area contributed by atoms with Crippen LogP contribution >= 0.6 is 0 Å². The van der Waals surface area contributed by atoms with E-state index >= 15 is 0 Å². The molecule has 14 heteroatoms. The SMILES string of the molecule is CCOC(CNS(=O)(=O)c1cc(C(F)(F)F)ccc1N1CCN(c2ccccc2[N+](=O)[O-])CC1)C1CCOC1. The second-order valence-electron chi connectivity index (χ2n) is 9.37. The molecular formula is C25H31F3N4O6S. The van der Waals surface area contributed by atoms with E-state index in [9.17, 15) is 31.7 Å². The van der Waals surface area contributed by atoms with Crippen molar-refractivity contribution in [3.05, 3.63) is 58.1 Å². The Hall–Kier alpha value is -2.94. The molecule has 0 aromatic heterocycles. The molecule has 10 nitrogen and oxygen atoms in total. The van der Waals surface area contributed by atoms with E-state index in [-0.39, 0.29) is 36.9 Å². The molecule has 2 aromatic rings. The molecule has 214 valence electrons. The Morgan fingerprint density at radius 1 is 1.13 bits per heavy atom. The number of nitro benzene ring substituents is 1. The highest BCUT2D eigenvalue weighted by Crippen LogP contribution is 2.36. The standard InChI is InChI=1S/C25H31F3N4O6S/c1-2-38-23(18-9-14-37-17-18)16-29-39(35,36)24-15-19(25(26,27)28)7-8-22(24)31-12-10-30(11-13-31)20-5-3-4-6-21(20)32(33)34/h3-8,15,18,23,29H,2,9-14,16-17H2,1H3. The zero-order valence-corrected chi connectivity index (χ0v) is 22.2. The number of alkyl halides is 3. The molecule has 0 spiro atoms. The summed E-state index contributed by atoms with van der Waals surface area (Å²) in [6.45, 7) is 4.11. The number of halogens is 3. The van der Waals surface area contributed by atoms with Gasteiger partial charge in [0.15, 0.2) is 0 Å². The summed E-state index contributed by atoms with van der Waals surface area (Å²) in [5.41, 5.74) is -0.558. The number of hydrogen-bond acceptors (Lipinski definition) is 8. The summed E-state index contributed by atoms with van der Waals surface area (Å²) < 4.78 is 81.1. The van der Waals surface area contributed by atoms with Crippen LogP contribution in [0, 0.1) is 16.0 Å².